The molecule has 0 aromatic heterocycles. The van der Waals surface area contributed by atoms with E-state index in [1.807, 2.05) is 0 Å². The zero-order chi connectivity index (χ0) is 9.94. The minimum Gasteiger partial charge on any atom is -0.355 e. The van der Waals surface area contributed by atoms with E-state index in [-0.39, 0.29) is 5.91 Å². The Morgan fingerprint density at radius 1 is 1.46 bits per heavy atom. The Labute approximate surface area is 80.3 Å². The lowest BCUT2D eigenvalue weighted by molar-refractivity contribution is -0.120. The van der Waals surface area contributed by atoms with E-state index in [4.69, 9.17) is 0 Å². The van der Waals surface area contributed by atoms with E-state index in [0.717, 1.165) is 19.4 Å². The summed E-state index contributed by atoms with van der Waals surface area (Å²) in [6.45, 7) is 5.59. The Kier molecular flexibility index (Phi) is 8.38. The van der Waals surface area contributed by atoms with E-state index in [1.165, 1.54) is 0 Å². The van der Waals surface area contributed by atoms with E-state index in [2.05, 4.69) is 29.4 Å². The average molecular weight is 182 g/mol. The molecule has 0 bridgehead atoms. The standard InChI is InChI=1S/C10H18N2O/c1-3-5-7-11-9-10(13)12-8-6-4-2/h11H,4,6-9H2,1-2H3,(H,12,13). The minimum absolute atomic E-state index is 0.0475. The Bertz CT molecular complexity index is 191. The third-order valence-corrected chi connectivity index (χ3v) is 1.53. The van der Waals surface area contributed by atoms with Gasteiger partial charge in [0.2, 0.25) is 5.91 Å². The van der Waals surface area contributed by atoms with Gasteiger partial charge in [0.1, 0.15) is 0 Å². The summed E-state index contributed by atoms with van der Waals surface area (Å²) in [6, 6.07) is 0. The lowest BCUT2D eigenvalue weighted by atomic mass is 10.3. The van der Waals surface area contributed by atoms with Crippen LogP contribution in [-0.2, 0) is 4.79 Å². The van der Waals surface area contributed by atoms with Crippen molar-refractivity contribution < 1.29 is 4.79 Å². The van der Waals surface area contributed by atoms with Crippen LogP contribution in [0.2, 0.25) is 0 Å². The topological polar surface area (TPSA) is 41.1 Å². The molecule has 74 valence electrons. The maximum absolute atomic E-state index is 11.1. The second-order valence-corrected chi connectivity index (χ2v) is 2.73. The highest BCUT2D eigenvalue weighted by Gasteiger charge is 1.96. The van der Waals surface area contributed by atoms with E-state index >= 15 is 0 Å². The van der Waals surface area contributed by atoms with Crippen LogP contribution in [0.3, 0.4) is 0 Å². The van der Waals surface area contributed by atoms with Crippen LogP contribution in [0.4, 0.5) is 0 Å². The lowest BCUT2D eigenvalue weighted by Gasteiger charge is -2.03. The van der Waals surface area contributed by atoms with Crippen LogP contribution in [0, 0.1) is 11.8 Å². The highest BCUT2D eigenvalue weighted by Crippen LogP contribution is 1.81. The third kappa shape index (κ3) is 8.90. The smallest absolute Gasteiger partial charge is 0.233 e. The summed E-state index contributed by atoms with van der Waals surface area (Å²) < 4.78 is 0. The number of carbonyl (C=O) groups is 1. The van der Waals surface area contributed by atoms with Crippen molar-refractivity contribution in [2.45, 2.75) is 26.7 Å². The molecule has 3 heteroatoms. The van der Waals surface area contributed by atoms with Crippen LogP contribution in [0.1, 0.15) is 26.7 Å². The molecule has 0 rings (SSSR count). The lowest BCUT2D eigenvalue weighted by Crippen LogP contribution is -2.34. The van der Waals surface area contributed by atoms with Crippen molar-refractivity contribution in [1.82, 2.24) is 10.6 Å². The van der Waals surface area contributed by atoms with Gasteiger partial charge in [0.15, 0.2) is 0 Å². The molecule has 1 amide bonds. The number of carbonyl (C=O) groups excluding carboxylic acids is 1. The summed E-state index contributed by atoms with van der Waals surface area (Å²) in [7, 11) is 0. The van der Waals surface area contributed by atoms with Crippen molar-refractivity contribution in [3.8, 4) is 11.8 Å². The molecule has 0 saturated carbocycles. The van der Waals surface area contributed by atoms with Crippen molar-refractivity contribution in [3.63, 3.8) is 0 Å². The number of amides is 1. The molecular formula is C10H18N2O. The third-order valence-electron chi connectivity index (χ3n) is 1.53. The first-order valence-electron chi connectivity index (χ1n) is 4.68. The SMILES string of the molecule is CC#CCNCC(=O)NCCCC. The summed E-state index contributed by atoms with van der Waals surface area (Å²) in [5, 5.41) is 5.74. The number of rotatable bonds is 6. The quantitative estimate of drug-likeness (QED) is 0.464. The van der Waals surface area contributed by atoms with Crippen LogP contribution in [-0.4, -0.2) is 25.5 Å². The van der Waals surface area contributed by atoms with Gasteiger partial charge in [-0.3, -0.25) is 10.1 Å². The monoisotopic (exact) mass is 182 g/mol. The van der Waals surface area contributed by atoms with Gasteiger partial charge in [0.05, 0.1) is 13.1 Å². The first-order chi connectivity index (χ1) is 6.31. The van der Waals surface area contributed by atoms with Gasteiger partial charge < -0.3 is 5.32 Å². The fourth-order valence-corrected chi connectivity index (χ4v) is 0.794. The fraction of sp³-hybridized carbons (Fsp3) is 0.700. The first-order valence-corrected chi connectivity index (χ1v) is 4.68. The minimum atomic E-state index is 0.0475. The summed E-state index contributed by atoms with van der Waals surface area (Å²) in [6.07, 6.45) is 2.15. The number of hydrogen-bond donors (Lipinski definition) is 2. The normalized spacial score (nSPS) is 8.77. The number of unbranched alkanes of at least 4 members (excludes halogenated alkanes) is 1. The predicted molar refractivity (Wildman–Crippen MR) is 54.2 cm³/mol. The number of hydrogen-bond acceptors (Lipinski definition) is 2. The molecule has 3 nitrogen and oxygen atoms in total. The van der Waals surface area contributed by atoms with Crippen LogP contribution >= 0.6 is 0 Å². The van der Waals surface area contributed by atoms with E-state index in [0.29, 0.717) is 13.1 Å². The zero-order valence-corrected chi connectivity index (χ0v) is 8.44. The maximum atomic E-state index is 11.1. The molecular weight excluding hydrogens is 164 g/mol. The molecule has 2 N–H and O–H groups in total. The Balaban J connectivity index is 3.23. The van der Waals surface area contributed by atoms with Gasteiger partial charge >= 0.3 is 0 Å². The molecule has 0 radical (unpaired) electrons. The molecule has 0 atom stereocenters. The highest BCUT2D eigenvalue weighted by molar-refractivity contribution is 5.77. The Morgan fingerprint density at radius 3 is 2.85 bits per heavy atom. The molecule has 0 heterocycles. The second-order valence-electron chi connectivity index (χ2n) is 2.73. The van der Waals surface area contributed by atoms with Gasteiger partial charge in [-0.05, 0) is 13.3 Å². The average Bonchev–Trinajstić information content (AvgIpc) is 2.13. The molecule has 0 aliphatic rings. The molecule has 0 aromatic carbocycles. The van der Waals surface area contributed by atoms with E-state index in [1.54, 1.807) is 6.92 Å². The summed E-state index contributed by atoms with van der Waals surface area (Å²) in [4.78, 5) is 11.1. The van der Waals surface area contributed by atoms with Gasteiger partial charge in [-0.15, -0.1) is 5.92 Å². The first kappa shape index (κ1) is 12.0. The zero-order valence-electron chi connectivity index (χ0n) is 8.44. The predicted octanol–water partition coefficient (Wildman–Crippen LogP) is 0.516. The van der Waals surface area contributed by atoms with E-state index < -0.39 is 0 Å². The number of nitrogens with one attached hydrogen (secondary N) is 2. The molecule has 0 aliphatic heterocycles. The van der Waals surface area contributed by atoms with Crippen LogP contribution < -0.4 is 10.6 Å². The molecule has 0 unspecified atom stereocenters. The molecule has 0 spiro atoms. The Hall–Kier alpha value is -1.01. The van der Waals surface area contributed by atoms with Crippen molar-refractivity contribution >= 4 is 5.91 Å². The molecule has 13 heavy (non-hydrogen) atoms. The largest absolute Gasteiger partial charge is 0.355 e. The van der Waals surface area contributed by atoms with Gasteiger partial charge in [-0.2, -0.15) is 0 Å². The van der Waals surface area contributed by atoms with Crippen LogP contribution in [0.25, 0.3) is 0 Å². The van der Waals surface area contributed by atoms with Gasteiger partial charge in [0.25, 0.3) is 0 Å². The van der Waals surface area contributed by atoms with Gasteiger partial charge in [-0.1, -0.05) is 19.3 Å². The summed E-state index contributed by atoms with van der Waals surface area (Å²) in [5.74, 6) is 5.63. The molecule has 0 aliphatic carbocycles. The van der Waals surface area contributed by atoms with Gasteiger partial charge in [0, 0.05) is 6.54 Å². The van der Waals surface area contributed by atoms with Crippen molar-refractivity contribution in [2.24, 2.45) is 0 Å². The van der Waals surface area contributed by atoms with Crippen molar-refractivity contribution in [3.05, 3.63) is 0 Å². The Morgan fingerprint density at radius 2 is 2.23 bits per heavy atom. The highest BCUT2D eigenvalue weighted by atomic mass is 16.1. The summed E-state index contributed by atoms with van der Waals surface area (Å²) in [5.41, 5.74) is 0. The van der Waals surface area contributed by atoms with Crippen LogP contribution in [0.5, 0.6) is 0 Å². The van der Waals surface area contributed by atoms with Crippen molar-refractivity contribution in [2.75, 3.05) is 19.6 Å². The molecule has 0 aromatic rings. The van der Waals surface area contributed by atoms with Crippen LogP contribution in [0.15, 0.2) is 0 Å². The molecule has 0 fully saturated rings. The maximum Gasteiger partial charge on any atom is 0.233 e. The second kappa shape index (κ2) is 9.08. The molecule has 0 saturated heterocycles. The van der Waals surface area contributed by atoms with Gasteiger partial charge in [-0.25, -0.2) is 0 Å². The fourth-order valence-electron chi connectivity index (χ4n) is 0.794. The van der Waals surface area contributed by atoms with E-state index in [9.17, 15) is 4.79 Å². The van der Waals surface area contributed by atoms with Crippen molar-refractivity contribution in [1.29, 1.82) is 0 Å². The summed E-state index contributed by atoms with van der Waals surface area (Å²) >= 11 is 0.